The van der Waals surface area contributed by atoms with E-state index in [4.69, 9.17) is 5.11 Å². The van der Waals surface area contributed by atoms with Crippen molar-refractivity contribution in [3.8, 4) is 21.7 Å². The minimum atomic E-state index is -0.996. The average molecular weight is 352 g/mol. The summed E-state index contributed by atoms with van der Waals surface area (Å²) in [6, 6.07) is 19.6. The van der Waals surface area contributed by atoms with E-state index in [0.717, 1.165) is 21.7 Å². The molecule has 1 amide bonds. The molecule has 0 atom stereocenters. The highest BCUT2D eigenvalue weighted by Gasteiger charge is 2.16. The van der Waals surface area contributed by atoms with Gasteiger partial charge in [-0.1, -0.05) is 72.0 Å². The summed E-state index contributed by atoms with van der Waals surface area (Å²) < 4.78 is 0. The third-order valence-electron chi connectivity index (χ3n) is 3.52. The number of carbonyl (C=O) groups excluding carboxylic acids is 1. The molecule has 0 saturated heterocycles. The van der Waals surface area contributed by atoms with Crippen molar-refractivity contribution in [2.75, 3.05) is 5.32 Å². The molecular weight excluding hydrogens is 336 g/mol. The Balaban J connectivity index is 1.92. The van der Waals surface area contributed by atoms with Crippen LogP contribution in [0.25, 0.3) is 21.7 Å². The zero-order chi connectivity index (χ0) is 17.6. The number of carboxylic acids is 1. The van der Waals surface area contributed by atoms with Crippen LogP contribution in [0.5, 0.6) is 0 Å². The van der Waals surface area contributed by atoms with Crippen LogP contribution in [0.4, 0.5) is 5.13 Å². The number of hydrogen-bond acceptors (Lipinski definition) is 4. The monoisotopic (exact) mass is 352 g/mol. The number of anilines is 1. The van der Waals surface area contributed by atoms with Gasteiger partial charge in [-0.3, -0.25) is 9.59 Å². The predicted molar refractivity (Wildman–Crippen MR) is 98.5 cm³/mol. The van der Waals surface area contributed by atoms with Crippen molar-refractivity contribution in [2.24, 2.45) is 0 Å². The van der Waals surface area contributed by atoms with E-state index >= 15 is 0 Å². The molecule has 3 rings (SSSR count). The van der Waals surface area contributed by atoms with Crippen LogP contribution in [0.3, 0.4) is 0 Å². The molecule has 25 heavy (non-hydrogen) atoms. The topological polar surface area (TPSA) is 79.3 Å². The molecule has 0 fully saturated rings. The maximum Gasteiger partial charge on any atom is 0.303 e. The zero-order valence-corrected chi connectivity index (χ0v) is 14.1. The fraction of sp³-hybridized carbons (Fsp3) is 0.105. The van der Waals surface area contributed by atoms with Gasteiger partial charge in [-0.05, 0) is 5.56 Å². The Labute approximate surface area is 149 Å². The minimum Gasteiger partial charge on any atom is -0.481 e. The normalized spacial score (nSPS) is 10.4. The van der Waals surface area contributed by atoms with Crippen molar-refractivity contribution < 1.29 is 14.7 Å². The summed E-state index contributed by atoms with van der Waals surface area (Å²) in [5, 5.41) is 11.8. The van der Waals surface area contributed by atoms with Crippen LogP contribution in [-0.2, 0) is 9.59 Å². The number of rotatable bonds is 6. The molecule has 5 nitrogen and oxygen atoms in total. The van der Waals surface area contributed by atoms with E-state index in [-0.39, 0.29) is 18.7 Å². The summed E-state index contributed by atoms with van der Waals surface area (Å²) >= 11 is 1.38. The molecule has 0 aliphatic rings. The predicted octanol–water partition coefficient (Wildman–Crippen LogP) is 4.28. The molecule has 0 aliphatic heterocycles. The number of amides is 1. The van der Waals surface area contributed by atoms with Gasteiger partial charge in [0.1, 0.15) is 0 Å². The lowest BCUT2D eigenvalue weighted by molar-refractivity contribution is -0.138. The van der Waals surface area contributed by atoms with Gasteiger partial charge in [-0.15, -0.1) is 0 Å². The summed E-state index contributed by atoms with van der Waals surface area (Å²) in [5.74, 6) is -1.35. The fourth-order valence-electron chi connectivity index (χ4n) is 2.35. The minimum absolute atomic E-state index is 0.0732. The van der Waals surface area contributed by atoms with Crippen molar-refractivity contribution in [1.82, 2.24) is 4.98 Å². The van der Waals surface area contributed by atoms with Crippen molar-refractivity contribution in [2.45, 2.75) is 12.8 Å². The summed E-state index contributed by atoms with van der Waals surface area (Å²) in [6.07, 6.45) is -0.273. The highest BCUT2D eigenvalue weighted by Crippen LogP contribution is 2.38. The number of thiazole rings is 1. The Hall–Kier alpha value is -2.99. The van der Waals surface area contributed by atoms with E-state index in [0.29, 0.717) is 5.13 Å². The number of carboxylic acid groups (broad SMARTS) is 1. The molecule has 1 aromatic heterocycles. The standard InChI is InChI=1S/C19H16N2O3S/c22-15(11-12-16(23)24)20-19-21-17(13-7-3-1-4-8-13)18(25-19)14-9-5-2-6-10-14/h1-10H,11-12H2,(H,23,24)(H,20,21,22). The lowest BCUT2D eigenvalue weighted by Crippen LogP contribution is -2.12. The van der Waals surface area contributed by atoms with E-state index in [2.05, 4.69) is 10.3 Å². The molecule has 0 spiro atoms. The second kappa shape index (κ2) is 7.72. The molecule has 2 N–H and O–H groups in total. The van der Waals surface area contributed by atoms with Gasteiger partial charge in [-0.25, -0.2) is 4.98 Å². The number of hydrogen-bond donors (Lipinski definition) is 2. The number of aromatic nitrogens is 1. The Morgan fingerprint density at radius 1 is 0.920 bits per heavy atom. The average Bonchev–Trinajstić information content (AvgIpc) is 3.05. The van der Waals surface area contributed by atoms with Gasteiger partial charge in [-0.2, -0.15) is 0 Å². The maximum absolute atomic E-state index is 11.9. The first-order valence-electron chi connectivity index (χ1n) is 7.77. The van der Waals surface area contributed by atoms with Gasteiger partial charge in [0.25, 0.3) is 0 Å². The maximum atomic E-state index is 11.9. The largest absolute Gasteiger partial charge is 0.481 e. The molecule has 3 aromatic rings. The number of benzene rings is 2. The number of aliphatic carboxylic acids is 1. The highest BCUT2D eigenvalue weighted by molar-refractivity contribution is 7.19. The van der Waals surface area contributed by atoms with Crippen molar-refractivity contribution >= 4 is 28.3 Å². The lowest BCUT2D eigenvalue weighted by atomic mass is 10.1. The highest BCUT2D eigenvalue weighted by atomic mass is 32.1. The molecule has 126 valence electrons. The molecule has 0 aliphatic carbocycles. The first kappa shape index (κ1) is 16.9. The van der Waals surface area contributed by atoms with Crippen molar-refractivity contribution in [1.29, 1.82) is 0 Å². The Bertz CT molecular complexity index is 819. The van der Waals surface area contributed by atoms with E-state index in [1.54, 1.807) is 0 Å². The van der Waals surface area contributed by atoms with Gasteiger partial charge in [0, 0.05) is 12.0 Å². The molecule has 1 heterocycles. The molecular formula is C19H16N2O3S. The Kier molecular flexibility index (Phi) is 5.20. The van der Waals surface area contributed by atoms with Crippen LogP contribution in [-0.4, -0.2) is 22.0 Å². The van der Waals surface area contributed by atoms with E-state index in [9.17, 15) is 9.59 Å². The molecule has 0 radical (unpaired) electrons. The van der Waals surface area contributed by atoms with Crippen LogP contribution in [0.1, 0.15) is 12.8 Å². The Morgan fingerprint density at radius 3 is 2.12 bits per heavy atom. The molecule has 0 unspecified atom stereocenters. The van der Waals surface area contributed by atoms with E-state index in [1.165, 1.54) is 11.3 Å². The van der Waals surface area contributed by atoms with Gasteiger partial charge >= 0.3 is 5.97 Å². The summed E-state index contributed by atoms with van der Waals surface area (Å²) in [6.45, 7) is 0. The number of carbonyl (C=O) groups is 2. The second-order valence-corrected chi connectivity index (χ2v) is 6.37. The van der Waals surface area contributed by atoms with Crippen LogP contribution < -0.4 is 5.32 Å². The molecule has 2 aromatic carbocycles. The van der Waals surface area contributed by atoms with E-state index in [1.807, 2.05) is 60.7 Å². The summed E-state index contributed by atoms with van der Waals surface area (Å²) in [5.41, 5.74) is 2.78. The zero-order valence-electron chi connectivity index (χ0n) is 13.3. The number of nitrogens with zero attached hydrogens (tertiary/aromatic N) is 1. The third-order valence-corrected chi connectivity index (χ3v) is 4.54. The third kappa shape index (κ3) is 4.30. The van der Waals surface area contributed by atoms with E-state index < -0.39 is 5.97 Å². The van der Waals surface area contributed by atoms with Gasteiger partial charge in [0.05, 0.1) is 17.0 Å². The first-order valence-corrected chi connectivity index (χ1v) is 8.58. The molecule has 0 saturated carbocycles. The van der Waals surface area contributed by atoms with Crippen LogP contribution in [0.15, 0.2) is 60.7 Å². The SMILES string of the molecule is O=C(O)CCC(=O)Nc1nc(-c2ccccc2)c(-c2ccccc2)s1. The van der Waals surface area contributed by atoms with Crippen LogP contribution in [0.2, 0.25) is 0 Å². The van der Waals surface area contributed by atoms with Crippen molar-refractivity contribution in [3.63, 3.8) is 0 Å². The summed E-state index contributed by atoms with van der Waals surface area (Å²) in [4.78, 5) is 28.0. The lowest BCUT2D eigenvalue weighted by Gasteiger charge is -2.02. The fourth-order valence-corrected chi connectivity index (χ4v) is 3.36. The quantitative estimate of drug-likeness (QED) is 0.694. The van der Waals surface area contributed by atoms with Gasteiger partial charge in [0.15, 0.2) is 5.13 Å². The summed E-state index contributed by atoms with van der Waals surface area (Å²) in [7, 11) is 0. The molecule has 0 bridgehead atoms. The van der Waals surface area contributed by atoms with Gasteiger partial charge < -0.3 is 10.4 Å². The van der Waals surface area contributed by atoms with Gasteiger partial charge in [0.2, 0.25) is 5.91 Å². The van der Waals surface area contributed by atoms with Crippen LogP contribution >= 0.6 is 11.3 Å². The number of nitrogens with one attached hydrogen (secondary N) is 1. The smallest absolute Gasteiger partial charge is 0.303 e. The van der Waals surface area contributed by atoms with Crippen molar-refractivity contribution in [3.05, 3.63) is 60.7 Å². The second-order valence-electron chi connectivity index (χ2n) is 5.37. The van der Waals surface area contributed by atoms with Crippen LogP contribution in [0, 0.1) is 0 Å². The molecule has 6 heteroatoms. The first-order chi connectivity index (χ1) is 12.1. The Morgan fingerprint density at radius 2 is 1.52 bits per heavy atom.